The molecule has 0 radical (unpaired) electrons. The zero-order chi connectivity index (χ0) is 9.42. The quantitative estimate of drug-likeness (QED) is 0.295. The maximum absolute atomic E-state index is 11.0. The van der Waals surface area contributed by atoms with Crippen molar-refractivity contribution in [2.75, 3.05) is 11.1 Å². The Labute approximate surface area is 74.7 Å². The highest BCUT2D eigenvalue weighted by Crippen LogP contribution is 2.22. The van der Waals surface area contributed by atoms with Crippen molar-refractivity contribution in [1.82, 2.24) is 0 Å². The van der Waals surface area contributed by atoms with Crippen molar-refractivity contribution in [3.8, 4) is 0 Å². The standard InChI is InChI=1S/C8H9N3O2/c9-6-2-1-3-7-5(6)4-11(13)8(12)10-7/h1-4,8,10,12H,9H2. The molecule has 0 spiro atoms. The molecule has 0 amide bonds. The highest BCUT2D eigenvalue weighted by molar-refractivity contribution is 5.92. The van der Waals surface area contributed by atoms with Gasteiger partial charge < -0.3 is 21.4 Å². The van der Waals surface area contributed by atoms with Crippen LogP contribution in [0.5, 0.6) is 0 Å². The summed E-state index contributed by atoms with van der Waals surface area (Å²) in [6, 6.07) is 5.20. The third-order valence-corrected chi connectivity index (χ3v) is 1.92. The Kier molecular flexibility index (Phi) is 1.60. The molecule has 1 atom stereocenters. The van der Waals surface area contributed by atoms with Crippen molar-refractivity contribution in [3.63, 3.8) is 0 Å². The molecule has 0 aliphatic carbocycles. The number of benzene rings is 1. The number of fused-ring (bicyclic) bond motifs is 1. The molecule has 0 fully saturated rings. The molecule has 1 aliphatic heterocycles. The van der Waals surface area contributed by atoms with Crippen LogP contribution in [0, 0.1) is 5.21 Å². The van der Waals surface area contributed by atoms with Gasteiger partial charge in [0, 0.05) is 5.69 Å². The summed E-state index contributed by atoms with van der Waals surface area (Å²) < 4.78 is 0.415. The van der Waals surface area contributed by atoms with E-state index in [1.165, 1.54) is 6.21 Å². The van der Waals surface area contributed by atoms with Gasteiger partial charge in [-0.2, -0.15) is 4.74 Å². The Bertz CT molecular complexity index is 376. The first-order valence-electron chi connectivity index (χ1n) is 3.82. The Morgan fingerprint density at radius 1 is 1.54 bits per heavy atom. The summed E-state index contributed by atoms with van der Waals surface area (Å²) in [5.74, 6) is 0. The Balaban J connectivity index is 2.57. The van der Waals surface area contributed by atoms with Crippen LogP contribution in [-0.2, 0) is 0 Å². The molecule has 1 unspecified atom stereocenters. The second-order valence-electron chi connectivity index (χ2n) is 2.82. The molecule has 1 heterocycles. The van der Waals surface area contributed by atoms with E-state index in [0.29, 0.717) is 21.7 Å². The van der Waals surface area contributed by atoms with Crippen molar-refractivity contribution in [1.29, 1.82) is 0 Å². The van der Waals surface area contributed by atoms with E-state index in [1.54, 1.807) is 18.2 Å². The van der Waals surface area contributed by atoms with Crippen LogP contribution >= 0.6 is 0 Å². The summed E-state index contributed by atoms with van der Waals surface area (Å²) in [4.78, 5) is 0. The van der Waals surface area contributed by atoms with Crippen molar-refractivity contribution in [3.05, 3.63) is 29.0 Å². The van der Waals surface area contributed by atoms with Crippen LogP contribution in [0.15, 0.2) is 18.2 Å². The Morgan fingerprint density at radius 3 is 3.08 bits per heavy atom. The Hall–Kier alpha value is -1.75. The maximum atomic E-state index is 11.0. The van der Waals surface area contributed by atoms with Gasteiger partial charge >= 0.3 is 6.35 Å². The van der Waals surface area contributed by atoms with E-state index >= 15 is 0 Å². The van der Waals surface area contributed by atoms with Gasteiger partial charge in [0.15, 0.2) is 6.21 Å². The Morgan fingerprint density at radius 2 is 2.31 bits per heavy atom. The number of nitrogens with one attached hydrogen (secondary N) is 1. The molecular formula is C8H9N3O2. The van der Waals surface area contributed by atoms with Gasteiger partial charge in [-0.1, -0.05) is 6.07 Å². The number of hydroxylamine groups is 1. The minimum atomic E-state index is -1.23. The summed E-state index contributed by atoms with van der Waals surface area (Å²) in [6.07, 6.45) is 0.0422. The van der Waals surface area contributed by atoms with E-state index in [2.05, 4.69) is 5.32 Å². The molecule has 0 saturated heterocycles. The summed E-state index contributed by atoms with van der Waals surface area (Å²) in [7, 11) is 0. The van der Waals surface area contributed by atoms with Gasteiger partial charge in [-0.25, -0.2) is 0 Å². The average Bonchev–Trinajstić information content (AvgIpc) is 2.09. The molecular weight excluding hydrogens is 170 g/mol. The van der Waals surface area contributed by atoms with Crippen LogP contribution < -0.4 is 11.1 Å². The second-order valence-corrected chi connectivity index (χ2v) is 2.82. The van der Waals surface area contributed by atoms with Gasteiger partial charge in [0.05, 0.1) is 11.3 Å². The molecule has 1 aromatic rings. The fourth-order valence-electron chi connectivity index (χ4n) is 1.25. The minimum Gasteiger partial charge on any atom is -0.620 e. The van der Waals surface area contributed by atoms with Crippen LogP contribution in [-0.4, -0.2) is 22.4 Å². The predicted octanol–water partition coefficient (Wildman–Crippen LogP) is -0.101. The summed E-state index contributed by atoms with van der Waals surface area (Å²) in [5.41, 5.74) is 7.42. The third-order valence-electron chi connectivity index (χ3n) is 1.92. The molecule has 0 bridgehead atoms. The lowest BCUT2D eigenvalue weighted by Gasteiger charge is -2.20. The van der Waals surface area contributed by atoms with Crippen LogP contribution in [0.1, 0.15) is 5.56 Å². The first kappa shape index (κ1) is 7.88. The monoisotopic (exact) mass is 179 g/mol. The first-order chi connectivity index (χ1) is 6.18. The van der Waals surface area contributed by atoms with Crippen molar-refractivity contribution in [2.24, 2.45) is 0 Å². The number of anilines is 2. The van der Waals surface area contributed by atoms with Gasteiger partial charge in [0.2, 0.25) is 0 Å². The van der Waals surface area contributed by atoms with E-state index in [4.69, 9.17) is 10.8 Å². The van der Waals surface area contributed by atoms with Crippen molar-refractivity contribution in [2.45, 2.75) is 6.35 Å². The van der Waals surface area contributed by atoms with E-state index in [1.807, 2.05) is 0 Å². The molecule has 2 rings (SSSR count). The molecule has 4 N–H and O–H groups in total. The van der Waals surface area contributed by atoms with Gasteiger partial charge in [0.1, 0.15) is 0 Å². The summed E-state index contributed by atoms with van der Waals surface area (Å²) in [6.45, 7) is 0. The van der Waals surface area contributed by atoms with Crippen molar-refractivity contribution < 1.29 is 9.85 Å². The zero-order valence-corrected chi connectivity index (χ0v) is 6.77. The van der Waals surface area contributed by atoms with E-state index in [0.717, 1.165) is 0 Å². The van der Waals surface area contributed by atoms with Gasteiger partial charge in [-0.05, 0) is 12.1 Å². The zero-order valence-electron chi connectivity index (χ0n) is 6.77. The number of nitrogens with two attached hydrogens (primary N) is 1. The van der Waals surface area contributed by atoms with E-state index in [-0.39, 0.29) is 0 Å². The number of rotatable bonds is 0. The van der Waals surface area contributed by atoms with Crippen LogP contribution in [0.3, 0.4) is 0 Å². The number of aliphatic hydroxyl groups excluding tert-OH is 1. The molecule has 0 aromatic heterocycles. The summed E-state index contributed by atoms with van der Waals surface area (Å²) >= 11 is 0. The topological polar surface area (TPSA) is 84.4 Å². The largest absolute Gasteiger partial charge is 0.620 e. The second kappa shape index (κ2) is 2.63. The fourth-order valence-corrected chi connectivity index (χ4v) is 1.25. The van der Waals surface area contributed by atoms with Crippen LogP contribution in [0.2, 0.25) is 0 Å². The highest BCUT2D eigenvalue weighted by Gasteiger charge is 2.20. The molecule has 5 heteroatoms. The highest BCUT2D eigenvalue weighted by atomic mass is 16.5. The van der Waals surface area contributed by atoms with Crippen molar-refractivity contribution >= 4 is 17.6 Å². The number of hydrogen-bond acceptors (Lipinski definition) is 4. The molecule has 68 valence electrons. The van der Waals surface area contributed by atoms with Gasteiger partial charge in [-0.3, -0.25) is 0 Å². The lowest BCUT2D eigenvalue weighted by Crippen LogP contribution is -2.34. The molecule has 0 saturated carbocycles. The lowest BCUT2D eigenvalue weighted by molar-refractivity contribution is -0.539. The maximum Gasteiger partial charge on any atom is 0.348 e. The molecule has 5 nitrogen and oxygen atoms in total. The van der Waals surface area contributed by atoms with E-state index in [9.17, 15) is 5.21 Å². The van der Waals surface area contributed by atoms with Gasteiger partial charge in [-0.15, -0.1) is 0 Å². The molecule has 1 aromatic carbocycles. The van der Waals surface area contributed by atoms with Crippen LogP contribution in [0.4, 0.5) is 11.4 Å². The SMILES string of the molecule is Nc1cccc2c1C=[N+]([O-])C(O)N2. The number of hydrogen-bond donors (Lipinski definition) is 3. The van der Waals surface area contributed by atoms with E-state index < -0.39 is 6.35 Å². The lowest BCUT2D eigenvalue weighted by atomic mass is 10.1. The fraction of sp³-hybridized carbons (Fsp3) is 0.125. The first-order valence-corrected chi connectivity index (χ1v) is 3.82. The smallest absolute Gasteiger partial charge is 0.348 e. The summed E-state index contributed by atoms with van der Waals surface area (Å²) in [5, 5.41) is 22.8. The normalized spacial score (nSPS) is 20.1. The average molecular weight is 179 g/mol. The third kappa shape index (κ3) is 1.19. The molecule has 1 aliphatic rings. The minimum absolute atomic E-state index is 0.415. The van der Waals surface area contributed by atoms with Crippen LogP contribution in [0.25, 0.3) is 0 Å². The molecule has 13 heavy (non-hydrogen) atoms. The number of nitrogens with zero attached hydrogens (tertiary/aromatic N) is 1. The number of aliphatic hydroxyl groups is 1. The predicted molar refractivity (Wildman–Crippen MR) is 49.3 cm³/mol. The van der Waals surface area contributed by atoms with Gasteiger partial charge in [0.25, 0.3) is 0 Å². The number of nitrogen functional groups attached to an aromatic ring is 1.